The van der Waals surface area contributed by atoms with Crippen LogP contribution in [0.3, 0.4) is 0 Å². The molecular weight excluding hydrogens is 338 g/mol. The molecule has 0 unspecified atom stereocenters. The highest BCUT2D eigenvalue weighted by atomic mass is 32.2. The molecule has 1 saturated heterocycles. The molecule has 1 aliphatic carbocycles. The fourth-order valence-corrected chi connectivity index (χ4v) is 5.13. The second-order valence-corrected chi connectivity index (χ2v) is 11.5. The monoisotopic (exact) mass is 373 g/mol. The van der Waals surface area contributed by atoms with Crippen molar-refractivity contribution in [3.05, 3.63) is 0 Å². The molecule has 1 saturated carbocycles. The first kappa shape index (κ1) is 20.5. The van der Waals surface area contributed by atoms with Gasteiger partial charge < -0.3 is 10.2 Å². The first-order valence-electron chi connectivity index (χ1n) is 9.57. The highest BCUT2D eigenvalue weighted by molar-refractivity contribution is 7.90. The number of piperazine rings is 1. The molecule has 2 fully saturated rings. The predicted molar refractivity (Wildman–Crippen MR) is 101 cm³/mol. The normalized spacial score (nSPS) is 26.7. The largest absolute Gasteiger partial charge is 0.335 e. The molecule has 7 heteroatoms. The number of carbonyl (C=O) groups excluding carboxylic acids is 1. The first-order chi connectivity index (χ1) is 11.5. The van der Waals surface area contributed by atoms with Gasteiger partial charge in [0.2, 0.25) is 10.0 Å². The van der Waals surface area contributed by atoms with E-state index < -0.39 is 14.8 Å². The summed E-state index contributed by atoms with van der Waals surface area (Å²) in [4.78, 5) is 14.2. The van der Waals surface area contributed by atoms with Crippen LogP contribution in [0.1, 0.15) is 60.3 Å². The van der Waals surface area contributed by atoms with Crippen LogP contribution in [0.25, 0.3) is 0 Å². The first-order valence-corrected chi connectivity index (χ1v) is 11.0. The fraction of sp³-hybridized carbons (Fsp3) is 0.944. The molecule has 0 aromatic rings. The van der Waals surface area contributed by atoms with Gasteiger partial charge in [-0.05, 0) is 58.3 Å². The number of urea groups is 1. The number of hydrogen-bond acceptors (Lipinski definition) is 3. The van der Waals surface area contributed by atoms with Gasteiger partial charge in [-0.25, -0.2) is 13.2 Å². The fourth-order valence-electron chi connectivity index (χ4n) is 3.71. The molecule has 0 bridgehead atoms. The van der Waals surface area contributed by atoms with Crippen LogP contribution in [0.15, 0.2) is 0 Å². The molecular formula is C18H35N3O3S. The summed E-state index contributed by atoms with van der Waals surface area (Å²) in [7, 11) is -3.32. The lowest BCUT2D eigenvalue weighted by Gasteiger charge is -2.38. The third-order valence-electron chi connectivity index (χ3n) is 5.68. The minimum absolute atomic E-state index is 0.0409. The number of hydrogen-bond donors (Lipinski definition) is 1. The van der Waals surface area contributed by atoms with Crippen molar-refractivity contribution < 1.29 is 13.2 Å². The van der Waals surface area contributed by atoms with Crippen LogP contribution in [0.2, 0.25) is 0 Å². The summed E-state index contributed by atoms with van der Waals surface area (Å²) in [5.41, 5.74) is 0. The van der Waals surface area contributed by atoms with Crippen molar-refractivity contribution in [2.75, 3.05) is 26.2 Å². The van der Waals surface area contributed by atoms with Gasteiger partial charge in [0.15, 0.2) is 0 Å². The number of carbonyl (C=O) groups is 1. The Bertz CT molecular complexity index is 553. The van der Waals surface area contributed by atoms with E-state index in [-0.39, 0.29) is 12.1 Å². The Morgan fingerprint density at radius 2 is 1.52 bits per heavy atom. The van der Waals surface area contributed by atoms with Gasteiger partial charge >= 0.3 is 6.03 Å². The van der Waals surface area contributed by atoms with Crippen LogP contribution < -0.4 is 5.32 Å². The zero-order valence-electron chi connectivity index (χ0n) is 16.4. The van der Waals surface area contributed by atoms with Crippen molar-refractivity contribution in [1.29, 1.82) is 0 Å². The number of amides is 2. The van der Waals surface area contributed by atoms with Crippen LogP contribution in [-0.2, 0) is 10.0 Å². The summed E-state index contributed by atoms with van der Waals surface area (Å²) >= 11 is 0. The van der Waals surface area contributed by atoms with E-state index in [9.17, 15) is 13.2 Å². The van der Waals surface area contributed by atoms with Crippen LogP contribution in [0.4, 0.5) is 4.79 Å². The Balaban J connectivity index is 1.80. The molecule has 2 rings (SSSR count). The standard InChI is InChI=1S/C18H35N3O3S/c1-14(2)15-6-8-16(9-7-15)19-17(22)20-10-12-21(13-11-20)25(23,24)18(3,4)5/h14-16H,6-13H2,1-5H3,(H,19,22). The number of nitrogens with one attached hydrogen (secondary N) is 1. The Kier molecular flexibility index (Phi) is 6.41. The minimum Gasteiger partial charge on any atom is -0.335 e. The summed E-state index contributed by atoms with van der Waals surface area (Å²) in [5, 5.41) is 3.15. The second-order valence-electron chi connectivity index (χ2n) is 8.81. The van der Waals surface area contributed by atoms with E-state index in [1.54, 1.807) is 25.7 Å². The average Bonchev–Trinajstić information content (AvgIpc) is 2.54. The Labute approximate surface area is 153 Å². The van der Waals surface area contributed by atoms with E-state index in [2.05, 4.69) is 19.2 Å². The number of nitrogens with zero attached hydrogens (tertiary/aromatic N) is 2. The third kappa shape index (κ3) is 4.88. The highest BCUT2D eigenvalue weighted by Crippen LogP contribution is 2.30. The molecule has 0 atom stereocenters. The Morgan fingerprint density at radius 1 is 1.00 bits per heavy atom. The maximum atomic E-state index is 12.5. The van der Waals surface area contributed by atoms with E-state index in [4.69, 9.17) is 0 Å². The zero-order valence-corrected chi connectivity index (χ0v) is 17.2. The van der Waals surface area contributed by atoms with Gasteiger partial charge in [0.25, 0.3) is 0 Å². The topological polar surface area (TPSA) is 69.7 Å². The van der Waals surface area contributed by atoms with Crippen LogP contribution in [0.5, 0.6) is 0 Å². The van der Waals surface area contributed by atoms with Crippen LogP contribution >= 0.6 is 0 Å². The van der Waals surface area contributed by atoms with Crippen molar-refractivity contribution in [2.45, 2.75) is 71.1 Å². The van der Waals surface area contributed by atoms with Crippen LogP contribution in [0, 0.1) is 11.8 Å². The van der Waals surface area contributed by atoms with E-state index >= 15 is 0 Å². The summed E-state index contributed by atoms with van der Waals surface area (Å²) in [5.74, 6) is 1.49. The van der Waals surface area contributed by atoms with Crippen molar-refractivity contribution in [2.24, 2.45) is 11.8 Å². The van der Waals surface area contributed by atoms with Gasteiger partial charge in [0.1, 0.15) is 0 Å². The zero-order chi connectivity index (χ0) is 18.8. The second kappa shape index (κ2) is 7.82. The van der Waals surface area contributed by atoms with E-state index in [1.807, 2.05) is 0 Å². The molecule has 25 heavy (non-hydrogen) atoms. The smallest absolute Gasteiger partial charge is 0.317 e. The van der Waals surface area contributed by atoms with Gasteiger partial charge in [-0.1, -0.05) is 13.8 Å². The number of sulfonamides is 1. The highest BCUT2D eigenvalue weighted by Gasteiger charge is 2.37. The van der Waals surface area contributed by atoms with Gasteiger partial charge in [0, 0.05) is 32.2 Å². The summed E-state index contributed by atoms with van der Waals surface area (Å²) in [6.07, 6.45) is 4.46. The van der Waals surface area contributed by atoms with Crippen molar-refractivity contribution in [3.8, 4) is 0 Å². The lowest BCUT2D eigenvalue weighted by molar-refractivity contribution is 0.161. The molecule has 146 valence electrons. The molecule has 1 N–H and O–H groups in total. The quantitative estimate of drug-likeness (QED) is 0.827. The summed E-state index contributed by atoms with van der Waals surface area (Å²) in [6, 6.07) is 0.222. The summed E-state index contributed by atoms with van der Waals surface area (Å²) < 4.78 is 25.7. The molecule has 1 aliphatic heterocycles. The van der Waals surface area contributed by atoms with Gasteiger partial charge in [-0.2, -0.15) is 4.31 Å². The van der Waals surface area contributed by atoms with Gasteiger partial charge in [0.05, 0.1) is 4.75 Å². The lowest BCUT2D eigenvalue weighted by Crippen LogP contribution is -2.56. The van der Waals surface area contributed by atoms with E-state index in [0.717, 1.165) is 24.7 Å². The molecule has 1 heterocycles. The van der Waals surface area contributed by atoms with Crippen molar-refractivity contribution in [3.63, 3.8) is 0 Å². The molecule has 6 nitrogen and oxygen atoms in total. The molecule has 0 radical (unpaired) electrons. The van der Waals surface area contributed by atoms with Crippen molar-refractivity contribution >= 4 is 16.1 Å². The SMILES string of the molecule is CC(C)C1CCC(NC(=O)N2CCN(S(=O)(=O)C(C)(C)C)CC2)CC1. The van der Waals surface area contributed by atoms with E-state index in [0.29, 0.717) is 26.2 Å². The maximum Gasteiger partial charge on any atom is 0.317 e. The average molecular weight is 374 g/mol. The van der Waals surface area contributed by atoms with Gasteiger partial charge in [-0.3, -0.25) is 0 Å². The Hall–Kier alpha value is -0.820. The summed E-state index contributed by atoms with van der Waals surface area (Å²) in [6.45, 7) is 11.4. The molecule has 2 amide bonds. The van der Waals surface area contributed by atoms with Crippen molar-refractivity contribution in [1.82, 2.24) is 14.5 Å². The third-order valence-corrected chi connectivity index (χ3v) is 8.27. The van der Waals surface area contributed by atoms with E-state index in [1.165, 1.54) is 17.1 Å². The number of rotatable bonds is 3. The minimum atomic E-state index is -3.32. The molecule has 0 aromatic heterocycles. The van der Waals surface area contributed by atoms with Gasteiger partial charge in [-0.15, -0.1) is 0 Å². The lowest BCUT2D eigenvalue weighted by atomic mass is 9.80. The predicted octanol–water partition coefficient (Wildman–Crippen LogP) is 2.66. The molecule has 0 spiro atoms. The van der Waals surface area contributed by atoms with Crippen LogP contribution in [-0.4, -0.2) is 60.6 Å². The molecule has 2 aliphatic rings. The maximum absolute atomic E-state index is 12.5. The molecule has 0 aromatic carbocycles. The Morgan fingerprint density at radius 3 is 1.96 bits per heavy atom.